The van der Waals surface area contributed by atoms with Gasteiger partial charge < -0.3 is 9.47 Å². The second-order valence-corrected chi connectivity index (χ2v) is 5.24. The van der Waals surface area contributed by atoms with Crippen molar-refractivity contribution in [3.63, 3.8) is 0 Å². The van der Waals surface area contributed by atoms with E-state index >= 15 is 0 Å². The van der Waals surface area contributed by atoms with E-state index < -0.39 is 0 Å². The summed E-state index contributed by atoms with van der Waals surface area (Å²) in [7, 11) is 1.40. The van der Waals surface area contributed by atoms with E-state index in [0.29, 0.717) is 6.42 Å². The number of hydrogen-bond donors (Lipinski definition) is 0. The Kier molecular flexibility index (Phi) is 3.91. The first kappa shape index (κ1) is 13.7. The summed E-state index contributed by atoms with van der Waals surface area (Å²) < 4.78 is 10.7. The first-order valence-corrected chi connectivity index (χ1v) is 7.16. The molecule has 3 nitrogen and oxygen atoms in total. The van der Waals surface area contributed by atoms with Gasteiger partial charge in [0.25, 0.3) is 0 Å². The van der Waals surface area contributed by atoms with E-state index in [-0.39, 0.29) is 12.1 Å². The Morgan fingerprint density at radius 2 is 1.90 bits per heavy atom. The van der Waals surface area contributed by atoms with Crippen molar-refractivity contribution in [1.29, 1.82) is 0 Å². The third-order valence-corrected chi connectivity index (χ3v) is 3.86. The van der Waals surface area contributed by atoms with Crippen LogP contribution in [0.2, 0.25) is 0 Å². The van der Waals surface area contributed by atoms with E-state index in [1.165, 1.54) is 18.2 Å². The number of ether oxygens (including phenoxy) is 2. The van der Waals surface area contributed by atoms with Crippen LogP contribution in [-0.2, 0) is 22.4 Å². The van der Waals surface area contributed by atoms with Crippen molar-refractivity contribution in [1.82, 2.24) is 0 Å². The Bertz CT molecular complexity index is 631. The van der Waals surface area contributed by atoms with Crippen LogP contribution in [0.1, 0.15) is 29.2 Å². The summed E-state index contributed by atoms with van der Waals surface area (Å²) >= 11 is 0. The lowest BCUT2D eigenvalue weighted by atomic mass is 10.1. The van der Waals surface area contributed by atoms with Crippen molar-refractivity contribution in [2.45, 2.75) is 25.4 Å². The van der Waals surface area contributed by atoms with Gasteiger partial charge >= 0.3 is 5.97 Å². The fraction of sp³-hybridized carbons (Fsp3) is 0.278. The molecule has 2 aromatic carbocycles. The summed E-state index contributed by atoms with van der Waals surface area (Å²) in [5.41, 5.74) is 3.60. The van der Waals surface area contributed by atoms with Gasteiger partial charge in [0, 0.05) is 0 Å². The first-order valence-electron chi connectivity index (χ1n) is 7.16. The number of carbonyl (C=O) groups excluding carboxylic acids is 1. The van der Waals surface area contributed by atoms with Gasteiger partial charge in [0.1, 0.15) is 11.9 Å². The molecule has 0 bridgehead atoms. The molecule has 0 saturated heterocycles. The molecule has 21 heavy (non-hydrogen) atoms. The minimum absolute atomic E-state index is 0.132. The van der Waals surface area contributed by atoms with Crippen molar-refractivity contribution in [3.8, 4) is 5.75 Å². The summed E-state index contributed by atoms with van der Waals surface area (Å²) in [4.78, 5) is 11.2. The minimum atomic E-state index is -0.228. The van der Waals surface area contributed by atoms with Crippen LogP contribution >= 0.6 is 0 Å². The highest BCUT2D eigenvalue weighted by Crippen LogP contribution is 2.34. The number of esters is 1. The Hall–Kier alpha value is -2.29. The largest absolute Gasteiger partial charge is 0.486 e. The summed E-state index contributed by atoms with van der Waals surface area (Å²) in [5.74, 6) is 0.610. The standard InChI is InChI=1S/C18H18O3/c1-20-18(19)12-13-6-9-15(10-7-13)21-17-11-8-14-4-2-3-5-16(14)17/h2-7,9-10,17H,8,11-12H2,1H3. The second kappa shape index (κ2) is 6.00. The molecule has 0 saturated carbocycles. The molecule has 1 atom stereocenters. The van der Waals surface area contributed by atoms with E-state index in [4.69, 9.17) is 4.74 Å². The molecule has 0 radical (unpaired) electrons. The topological polar surface area (TPSA) is 35.5 Å². The van der Waals surface area contributed by atoms with Crippen molar-refractivity contribution in [2.24, 2.45) is 0 Å². The lowest BCUT2D eigenvalue weighted by molar-refractivity contribution is -0.139. The van der Waals surface area contributed by atoms with Crippen LogP contribution in [0.25, 0.3) is 0 Å². The summed E-state index contributed by atoms with van der Waals surface area (Å²) in [6.45, 7) is 0. The highest BCUT2D eigenvalue weighted by molar-refractivity contribution is 5.72. The Balaban J connectivity index is 1.68. The SMILES string of the molecule is COC(=O)Cc1ccc(OC2CCc3ccccc32)cc1. The molecular formula is C18H18O3. The molecule has 0 spiro atoms. The van der Waals surface area contributed by atoms with Crippen LogP contribution in [0.5, 0.6) is 5.75 Å². The maximum absolute atomic E-state index is 11.2. The van der Waals surface area contributed by atoms with Crippen molar-refractivity contribution in [3.05, 3.63) is 65.2 Å². The van der Waals surface area contributed by atoms with Gasteiger partial charge in [0.15, 0.2) is 0 Å². The van der Waals surface area contributed by atoms with Gasteiger partial charge in [0.05, 0.1) is 13.5 Å². The fourth-order valence-electron chi connectivity index (χ4n) is 2.73. The fourth-order valence-corrected chi connectivity index (χ4v) is 2.73. The molecular weight excluding hydrogens is 264 g/mol. The Labute approximate surface area is 124 Å². The third kappa shape index (κ3) is 3.07. The van der Waals surface area contributed by atoms with Gasteiger partial charge in [-0.2, -0.15) is 0 Å². The monoisotopic (exact) mass is 282 g/mol. The quantitative estimate of drug-likeness (QED) is 0.805. The zero-order valence-electron chi connectivity index (χ0n) is 12.0. The van der Waals surface area contributed by atoms with Gasteiger partial charge in [0.2, 0.25) is 0 Å². The normalized spacial score (nSPS) is 16.3. The van der Waals surface area contributed by atoms with Gasteiger partial charge in [-0.1, -0.05) is 36.4 Å². The predicted octanol–water partition coefficient (Wildman–Crippen LogP) is 3.47. The Morgan fingerprint density at radius 3 is 2.67 bits per heavy atom. The maximum atomic E-state index is 11.2. The van der Waals surface area contributed by atoms with Crippen LogP contribution in [0.3, 0.4) is 0 Å². The molecule has 1 unspecified atom stereocenters. The third-order valence-electron chi connectivity index (χ3n) is 3.86. The highest BCUT2D eigenvalue weighted by atomic mass is 16.5. The van der Waals surface area contributed by atoms with Crippen LogP contribution < -0.4 is 4.74 Å². The number of hydrogen-bond acceptors (Lipinski definition) is 3. The van der Waals surface area contributed by atoms with Crippen LogP contribution in [0, 0.1) is 0 Å². The lowest BCUT2D eigenvalue weighted by Crippen LogP contribution is -2.05. The molecule has 0 fully saturated rings. The number of methoxy groups -OCH3 is 1. The predicted molar refractivity (Wildman–Crippen MR) is 80.3 cm³/mol. The van der Waals surface area contributed by atoms with Gasteiger partial charge in [-0.3, -0.25) is 4.79 Å². The molecule has 0 N–H and O–H groups in total. The van der Waals surface area contributed by atoms with Gasteiger partial charge in [-0.15, -0.1) is 0 Å². The molecule has 0 heterocycles. The minimum Gasteiger partial charge on any atom is -0.486 e. The first-order chi connectivity index (χ1) is 10.3. The molecule has 108 valence electrons. The number of fused-ring (bicyclic) bond motifs is 1. The zero-order valence-corrected chi connectivity index (χ0v) is 12.0. The van der Waals surface area contributed by atoms with E-state index in [2.05, 4.69) is 29.0 Å². The van der Waals surface area contributed by atoms with Crippen molar-refractivity contribution >= 4 is 5.97 Å². The molecule has 0 aliphatic heterocycles. The molecule has 0 amide bonds. The molecule has 1 aliphatic carbocycles. The molecule has 3 heteroatoms. The molecule has 0 aromatic heterocycles. The molecule has 2 aromatic rings. The smallest absolute Gasteiger partial charge is 0.309 e. The van der Waals surface area contributed by atoms with E-state index in [1.54, 1.807) is 0 Å². The number of carbonyl (C=O) groups is 1. The van der Waals surface area contributed by atoms with Crippen LogP contribution in [0.15, 0.2) is 48.5 Å². The van der Waals surface area contributed by atoms with E-state index in [1.807, 2.05) is 24.3 Å². The van der Waals surface area contributed by atoms with E-state index in [0.717, 1.165) is 24.2 Å². The highest BCUT2D eigenvalue weighted by Gasteiger charge is 2.23. The van der Waals surface area contributed by atoms with E-state index in [9.17, 15) is 4.79 Å². The van der Waals surface area contributed by atoms with Crippen LogP contribution in [-0.4, -0.2) is 13.1 Å². The van der Waals surface area contributed by atoms with Crippen molar-refractivity contribution < 1.29 is 14.3 Å². The summed E-state index contributed by atoms with van der Waals surface area (Å²) in [6.07, 6.45) is 2.51. The van der Waals surface area contributed by atoms with Crippen LogP contribution in [0.4, 0.5) is 0 Å². The summed E-state index contributed by atoms with van der Waals surface area (Å²) in [6, 6.07) is 16.1. The number of aryl methyl sites for hydroxylation is 1. The average molecular weight is 282 g/mol. The van der Waals surface area contributed by atoms with Crippen molar-refractivity contribution in [2.75, 3.05) is 7.11 Å². The zero-order chi connectivity index (χ0) is 14.7. The maximum Gasteiger partial charge on any atom is 0.309 e. The van der Waals surface area contributed by atoms with Gasteiger partial charge in [-0.05, 0) is 41.7 Å². The van der Waals surface area contributed by atoms with Gasteiger partial charge in [-0.25, -0.2) is 0 Å². The average Bonchev–Trinajstić information content (AvgIpc) is 2.92. The molecule has 1 aliphatic rings. The molecule has 3 rings (SSSR count). The number of rotatable bonds is 4. The Morgan fingerprint density at radius 1 is 1.14 bits per heavy atom. The lowest BCUT2D eigenvalue weighted by Gasteiger charge is -2.15. The number of benzene rings is 2. The second-order valence-electron chi connectivity index (χ2n) is 5.24. The summed E-state index contributed by atoms with van der Waals surface area (Å²) in [5, 5.41) is 0.